The number of fused-ring (bicyclic) bond motifs is 1. The van der Waals surface area contributed by atoms with E-state index in [9.17, 15) is 0 Å². The van der Waals surface area contributed by atoms with Crippen LogP contribution in [0, 0.1) is 0 Å². The predicted octanol–water partition coefficient (Wildman–Crippen LogP) is 3.28. The molecule has 2 nitrogen and oxygen atoms in total. The minimum atomic E-state index is 0.566. The van der Waals surface area contributed by atoms with Crippen molar-refractivity contribution in [3.8, 4) is 0 Å². The van der Waals surface area contributed by atoms with Gasteiger partial charge in [0.1, 0.15) is 0 Å². The summed E-state index contributed by atoms with van der Waals surface area (Å²) in [6, 6.07) is 7.27. The number of nitrogens with zero attached hydrogens (tertiary/aromatic N) is 1. The molecule has 0 bridgehead atoms. The Morgan fingerprint density at radius 1 is 1.50 bits per heavy atom. The second kappa shape index (κ2) is 4.15. The van der Waals surface area contributed by atoms with E-state index in [1.807, 2.05) is 11.3 Å². The second-order valence-electron chi connectivity index (χ2n) is 4.34. The second-order valence-corrected chi connectivity index (χ2v) is 5.45. The first-order chi connectivity index (χ1) is 7.86. The monoisotopic (exact) mass is 232 g/mol. The Labute approximate surface area is 99.7 Å². The van der Waals surface area contributed by atoms with Gasteiger partial charge in [0.2, 0.25) is 0 Å². The van der Waals surface area contributed by atoms with Crippen molar-refractivity contribution in [2.75, 3.05) is 6.54 Å². The molecule has 0 amide bonds. The molecule has 3 rings (SSSR count). The van der Waals surface area contributed by atoms with E-state index in [1.54, 1.807) is 0 Å². The third-order valence-corrected chi connectivity index (χ3v) is 4.38. The Kier molecular flexibility index (Phi) is 2.65. The van der Waals surface area contributed by atoms with Gasteiger partial charge in [-0.15, -0.1) is 11.3 Å². The number of aromatic nitrogens is 1. The van der Waals surface area contributed by atoms with Crippen molar-refractivity contribution >= 4 is 21.6 Å². The summed E-state index contributed by atoms with van der Waals surface area (Å²) in [4.78, 5) is 4.60. The van der Waals surface area contributed by atoms with Gasteiger partial charge in [-0.2, -0.15) is 0 Å². The Hall–Kier alpha value is -0.930. The number of aryl methyl sites for hydroxylation is 1. The number of hydrogen-bond acceptors (Lipinski definition) is 3. The van der Waals surface area contributed by atoms with Crippen LogP contribution in [0.2, 0.25) is 0 Å². The first-order valence-electron chi connectivity index (χ1n) is 5.99. The number of nitrogens with one attached hydrogen (secondary N) is 1. The lowest BCUT2D eigenvalue weighted by molar-refractivity contribution is 0.649. The number of rotatable bonds is 2. The van der Waals surface area contributed by atoms with E-state index < -0.39 is 0 Å². The average molecular weight is 232 g/mol. The Bertz CT molecular complexity index is 498. The minimum Gasteiger partial charge on any atom is -0.310 e. The fraction of sp³-hybridized carbons (Fsp3) is 0.462. The maximum atomic E-state index is 4.60. The lowest BCUT2D eigenvalue weighted by atomic mass is 10.1. The first-order valence-corrected chi connectivity index (χ1v) is 6.81. The molecule has 1 aliphatic rings. The zero-order valence-corrected chi connectivity index (χ0v) is 10.3. The maximum absolute atomic E-state index is 4.60. The largest absolute Gasteiger partial charge is 0.310 e. The number of thiazole rings is 1. The lowest BCUT2D eigenvalue weighted by Gasteiger charge is -2.09. The summed E-state index contributed by atoms with van der Waals surface area (Å²) in [5.74, 6) is 0. The van der Waals surface area contributed by atoms with E-state index >= 15 is 0 Å². The fourth-order valence-corrected chi connectivity index (χ4v) is 3.28. The SMILES string of the molecule is CCc1nc2ccc(C3CCCN3)cc2s1. The highest BCUT2D eigenvalue weighted by atomic mass is 32.1. The summed E-state index contributed by atoms with van der Waals surface area (Å²) in [5, 5.41) is 4.78. The highest BCUT2D eigenvalue weighted by molar-refractivity contribution is 7.18. The molecular weight excluding hydrogens is 216 g/mol. The summed E-state index contributed by atoms with van der Waals surface area (Å²) in [7, 11) is 0. The maximum Gasteiger partial charge on any atom is 0.0935 e. The van der Waals surface area contributed by atoms with Crippen LogP contribution in [0.25, 0.3) is 10.2 Å². The average Bonchev–Trinajstić information content (AvgIpc) is 2.96. The highest BCUT2D eigenvalue weighted by Crippen LogP contribution is 2.29. The molecule has 0 radical (unpaired) electrons. The van der Waals surface area contributed by atoms with Crippen molar-refractivity contribution < 1.29 is 0 Å². The van der Waals surface area contributed by atoms with Crippen LogP contribution >= 0.6 is 11.3 Å². The Balaban J connectivity index is 2.00. The summed E-state index contributed by atoms with van der Waals surface area (Å²) < 4.78 is 1.34. The van der Waals surface area contributed by atoms with Crippen LogP contribution in [0.15, 0.2) is 18.2 Å². The van der Waals surface area contributed by atoms with Gasteiger partial charge in [-0.25, -0.2) is 4.98 Å². The third-order valence-electron chi connectivity index (χ3n) is 3.22. The molecule has 1 unspecified atom stereocenters. The van der Waals surface area contributed by atoms with Gasteiger partial charge < -0.3 is 5.32 Å². The van der Waals surface area contributed by atoms with E-state index in [0.717, 1.165) is 18.5 Å². The predicted molar refractivity (Wildman–Crippen MR) is 69.0 cm³/mol. The smallest absolute Gasteiger partial charge is 0.0935 e. The van der Waals surface area contributed by atoms with E-state index in [2.05, 4.69) is 35.4 Å². The highest BCUT2D eigenvalue weighted by Gasteiger charge is 2.16. The minimum absolute atomic E-state index is 0.566. The molecule has 0 aliphatic carbocycles. The van der Waals surface area contributed by atoms with Crippen LogP contribution in [0.5, 0.6) is 0 Å². The summed E-state index contributed by atoms with van der Waals surface area (Å²) in [6.07, 6.45) is 3.60. The van der Waals surface area contributed by atoms with Gasteiger partial charge in [0.05, 0.1) is 15.2 Å². The van der Waals surface area contributed by atoms with Gasteiger partial charge in [0.25, 0.3) is 0 Å². The Morgan fingerprint density at radius 3 is 3.19 bits per heavy atom. The molecule has 2 aromatic rings. The van der Waals surface area contributed by atoms with Crippen molar-refractivity contribution in [2.24, 2.45) is 0 Å². The molecule has 1 aromatic heterocycles. The van der Waals surface area contributed by atoms with Gasteiger partial charge in [-0.05, 0) is 43.5 Å². The normalized spacial score (nSPS) is 20.7. The Morgan fingerprint density at radius 2 is 2.44 bits per heavy atom. The molecule has 1 aliphatic heterocycles. The van der Waals surface area contributed by atoms with Crippen LogP contribution < -0.4 is 5.32 Å². The summed E-state index contributed by atoms with van der Waals surface area (Å²) >= 11 is 1.83. The zero-order valence-electron chi connectivity index (χ0n) is 9.49. The number of benzene rings is 1. The molecule has 1 N–H and O–H groups in total. The quantitative estimate of drug-likeness (QED) is 0.859. The summed E-state index contributed by atoms with van der Waals surface area (Å²) in [6.45, 7) is 3.32. The molecule has 84 valence electrons. The molecule has 1 aromatic carbocycles. The fourth-order valence-electron chi connectivity index (χ4n) is 2.33. The van der Waals surface area contributed by atoms with Crippen molar-refractivity contribution in [3.05, 3.63) is 28.8 Å². The molecule has 16 heavy (non-hydrogen) atoms. The van der Waals surface area contributed by atoms with Crippen molar-refractivity contribution in [3.63, 3.8) is 0 Å². The molecule has 2 heterocycles. The lowest BCUT2D eigenvalue weighted by Crippen LogP contribution is -2.12. The van der Waals surface area contributed by atoms with Crippen LogP contribution in [0.3, 0.4) is 0 Å². The van der Waals surface area contributed by atoms with Crippen molar-refractivity contribution in [2.45, 2.75) is 32.2 Å². The van der Waals surface area contributed by atoms with Crippen LogP contribution in [0.4, 0.5) is 0 Å². The van der Waals surface area contributed by atoms with Crippen molar-refractivity contribution in [1.82, 2.24) is 10.3 Å². The van der Waals surface area contributed by atoms with E-state index in [0.29, 0.717) is 6.04 Å². The van der Waals surface area contributed by atoms with Gasteiger partial charge in [0.15, 0.2) is 0 Å². The summed E-state index contributed by atoms with van der Waals surface area (Å²) in [5.41, 5.74) is 2.58. The molecule has 1 saturated heterocycles. The van der Waals surface area contributed by atoms with Crippen LogP contribution in [0.1, 0.15) is 36.4 Å². The van der Waals surface area contributed by atoms with Gasteiger partial charge in [-0.3, -0.25) is 0 Å². The molecule has 1 fully saturated rings. The van der Waals surface area contributed by atoms with E-state index in [-0.39, 0.29) is 0 Å². The topological polar surface area (TPSA) is 24.9 Å². The number of hydrogen-bond donors (Lipinski definition) is 1. The van der Waals surface area contributed by atoms with Gasteiger partial charge in [0, 0.05) is 6.04 Å². The van der Waals surface area contributed by atoms with Crippen molar-refractivity contribution in [1.29, 1.82) is 0 Å². The van der Waals surface area contributed by atoms with Crippen LogP contribution in [-0.4, -0.2) is 11.5 Å². The molecule has 3 heteroatoms. The molecule has 0 spiro atoms. The van der Waals surface area contributed by atoms with Gasteiger partial charge >= 0.3 is 0 Å². The standard InChI is InChI=1S/C13H16N2S/c1-2-13-15-11-6-5-9(8-12(11)16-13)10-4-3-7-14-10/h5-6,8,10,14H,2-4,7H2,1H3. The van der Waals surface area contributed by atoms with Crippen LogP contribution in [-0.2, 0) is 6.42 Å². The van der Waals surface area contributed by atoms with Gasteiger partial charge in [-0.1, -0.05) is 13.0 Å². The van der Waals surface area contributed by atoms with E-state index in [1.165, 1.54) is 28.1 Å². The third kappa shape index (κ3) is 1.74. The first kappa shape index (κ1) is 10.2. The molecule has 1 atom stereocenters. The molecule has 0 saturated carbocycles. The zero-order chi connectivity index (χ0) is 11.0. The molecular formula is C13H16N2S. The van der Waals surface area contributed by atoms with E-state index in [4.69, 9.17) is 0 Å².